The van der Waals surface area contributed by atoms with Gasteiger partial charge in [0.1, 0.15) is 0 Å². The fourth-order valence-corrected chi connectivity index (χ4v) is 1.98. The van der Waals surface area contributed by atoms with Crippen molar-refractivity contribution in [1.82, 2.24) is 4.90 Å². The van der Waals surface area contributed by atoms with Gasteiger partial charge in [0.2, 0.25) is 5.91 Å². The van der Waals surface area contributed by atoms with Gasteiger partial charge in [-0.15, -0.1) is 0 Å². The number of benzene rings is 1. The Balaban J connectivity index is 0.00000191. The minimum absolute atomic E-state index is 0.177. The molecule has 0 aliphatic carbocycles. The van der Waals surface area contributed by atoms with Crippen LogP contribution in [0.2, 0.25) is 0 Å². The highest BCUT2D eigenvalue weighted by Gasteiger charge is 2.12. The molecular weight excluding hydrogens is 266 g/mol. The largest absolute Gasteiger partial charge is 0.493 e. The topological polar surface area (TPSA) is 38.8 Å². The summed E-state index contributed by atoms with van der Waals surface area (Å²) < 4.78 is 10.5. The van der Waals surface area contributed by atoms with E-state index in [1.807, 2.05) is 43.9 Å². The van der Waals surface area contributed by atoms with E-state index in [0.29, 0.717) is 24.5 Å². The number of rotatable bonds is 7. The van der Waals surface area contributed by atoms with Gasteiger partial charge in [0, 0.05) is 19.5 Å². The van der Waals surface area contributed by atoms with Crippen LogP contribution in [0, 0.1) is 0 Å². The van der Waals surface area contributed by atoms with Gasteiger partial charge < -0.3 is 14.4 Å². The predicted octanol–water partition coefficient (Wildman–Crippen LogP) is 3.88. The summed E-state index contributed by atoms with van der Waals surface area (Å²) in [7, 11) is 3.23. The van der Waals surface area contributed by atoms with Crippen LogP contribution in [0.1, 0.15) is 46.1 Å². The van der Waals surface area contributed by atoms with E-state index in [1.54, 1.807) is 14.2 Å². The molecule has 21 heavy (non-hydrogen) atoms. The van der Waals surface area contributed by atoms with E-state index in [2.05, 4.69) is 6.92 Å². The lowest BCUT2D eigenvalue weighted by Gasteiger charge is -2.22. The highest BCUT2D eigenvalue weighted by atomic mass is 16.5. The zero-order valence-electron chi connectivity index (χ0n) is 14.2. The zero-order valence-corrected chi connectivity index (χ0v) is 14.2. The maximum Gasteiger partial charge on any atom is 0.222 e. The quantitative estimate of drug-likeness (QED) is 0.766. The van der Waals surface area contributed by atoms with Crippen molar-refractivity contribution in [2.24, 2.45) is 0 Å². The van der Waals surface area contributed by atoms with Crippen molar-refractivity contribution in [3.63, 3.8) is 0 Å². The summed E-state index contributed by atoms with van der Waals surface area (Å²) in [5, 5.41) is 0. The summed E-state index contributed by atoms with van der Waals surface area (Å²) in [6.45, 7) is 9.35. The third kappa shape index (κ3) is 6.06. The summed E-state index contributed by atoms with van der Waals surface area (Å²) >= 11 is 0. The molecular formula is C17H29NO3. The normalized spacial score (nSPS) is 9.43. The van der Waals surface area contributed by atoms with Crippen molar-refractivity contribution in [2.75, 3.05) is 20.8 Å². The number of hydrogen-bond donors (Lipinski definition) is 0. The molecule has 0 fully saturated rings. The molecule has 4 heteroatoms. The Bertz CT molecular complexity index is 418. The van der Waals surface area contributed by atoms with Crippen LogP contribution in [0.25, 0.3) is 0 Å². The van der Waals surface area contributed by atoms with E-state index < -0.39 is 0 Å². The van der Waals surface area contributed by atoms with Gasteiger partial charge in [-0.25, -0.2) is 0 Å². The van der Waals surface area contributed by atoms with Crippen LogP contribution in [0.3, 0.4) is 0 Å². The first-order valence-corrected chi connectivity index (χ1v) is 7.64. The van der Waals surface area contributed by atoms with Gasteiger partial charge in [-0.2, -0.15) is 0 Å². The number of hydrogen-bond acceptors (Lipinski definition) is 3. The Morgan fingerprint density at radius 2 is 1.71 bits per heavy atom. The predicted molar refractivity (Wildman–Crippen MR) is 86.9 cm³/mol. The maximum atomic E-state index is 11.9. The van der Waals surface area contributed by atoms with Crippen LogP contribution in [0.15, 0.2) is 18.2 Å². The molecule has 0 bridgehead atoms. The molecule has 0 atom stereocenters. The fraction of sp³-hybridized carbons (Fsp3) is 0.588. The van der Waals surface area contributed by atoms with Gasteiger partial charge in [-0.3, -0.25) is 4.79 Å². The third-order valence-corrected chi connectivity index (χ3v) is 2.97. The first-order chi connectivity index (χ1) is 10.2. The molecule has 1 aromatic rings. The maximum absolute atomic E-state index is 11.9. The van der Waals surface area contributed by atoms with E-state index in [4.69, 9.17) is 9.47 Å². The summed E-state index contributed by atoms with van der Waals surface area (Å²) in [6.07, 6.45) is 1.49. The summed E-state index contributed by atoms with van der Waals surface area (Å²) in [4.78, 5) is 13.7. The average molecular weight is 295 g/mol. The van der Waals surface area contributed by atoms with Crippen molar-refractivity contribution >= 4 is 5.91 Å². The van der Waals surface area contributed by atoms with Crippen LogP contribution in [0.5, 0.6) is 11.5 Å². The van der Waals surface area contributed by atoms with Crippen molar-refractivity contribution in [1.29, 1.82) is 0 Å². The van der Waals surface area contributed by atoms with Gasteiger partial charge in [0.25, 0.3) is 0 Å². The van der Waals surface area contributed by atoms with Crippen molar-refractivity contribution in [3.05, 3.63) is 23.8 Å². The second kappa shape index (κ2) is 11.0. The molecule has 0 unspecified atom stereocenters. The molecule has 1 aromatic carbocycles. The summed E-state index contributed by atoms with van der Waals surface area (Å²) in [5.41, 5.74) is 1.05. The van der Waals surface area contributed by atoms with Gasteiger partial charge >= 0.3 is 0 Å². The highest BCUT2D eigenvalue weighted by Crippen LogP contribution is 2.28. The van der Waals surface area contributed by atoms with Gasteiger partial charge in [-0.1, -0.05) is 33.8 Å². The molecule has 4 nitrogen and oxygen atoms in total. The fourth-order valence-electron chi connectivity index (χ4n) is 1.98. The molecule has 120 valence electrons. The molecule has 0 saturated carbocycles. The van der Waals surface area contributed by atoms with Gasteiger partial charge in [0.05, 0.1) is 14.2 Å². The number of methoxy groups -OCH3 is 2. The lowest BCUT2D eigenvalue weighted by molar-refractivity contribution is -0.131. The van der Waals surface area contributed by atoms with E-state index >= 15 is 0 Å². The SMILES string of the molecule is CC.CCCN(Cc1ccc(OC)c(OC)c1)C(=O)CC. The molecule has 0 radical (unpaired) electrons. The van der Waals surface area contributed by atoms with Crippen molar-refractivity contribution in [3.8, 4) is 11.5 Å². The molecule has 0 saturated heterocycles. The second-order valence-electron chi connectivity index (χ2n) is 4.36. The van der Waals surface area contributed by atoms with Crippen molar-refractivity contribution < 1.29 is 14.3 Å². The molecule has 0 aliphatic rings. The van der Waals surface area contributed by atoms with Gasteiger partial charge in [0.15, 0.2) is 11.5 Å². The van der Waals surface area contributed by atoms with Crippen LogP contribution >= 0.6 is 0 Å². The first kappa shape index (κ1) is 19.3. The van der Waals surface area contributed by atoms with Crippen LogP contribution in [-0.4, -0.2) is 31.6 Å². The molecule has 0 heterocycles. The van der Waals surface area contributed by atoms with E-state index in [9.17, 15) is 4.79 Å². The molecule has 0 spiro atoms. The molecule has 1 amide bonds. The van der Waals surface area contributed by atoms with Crippen LogP contribution < -0.4 is 9.47 Å². The van der Waals surface area contributed by atoms with Crippen LogP contribution in [0.4, 0.5) is 0 Å². The summed E-state index contributed by atoms with van der Waals surface area (Å²) in [5.74, 6) is 1.58. The number of carbonyl (C=O) groups is 1. The minimum atomic E-state index is 0.177. The van der Waals surface area contributed by atoms with Crippen LogP contribution in [-0.2, 0) is 11.3 Å². The Morgan fingerprint density at radius 3 is 2.19 bits per heavy atom. The minimum Gasteiger partial charge on any atom is -0.493 e. The Morgan fingerprint density at radius 1 is 1.10 bits per heavy atom. The average Bonchev–Trinajstić information content (AvgIpc) is 2.55. The third-order valence-electron chi connectivity index (χ3n) is 2.97. The standard InChI is InChI=1S/C15H23NO3.C2H6/c1-5-9-16(15(17)6-2)11-12-7-8-13(18-3)14(10-12)19-4;1-2/h7-8,10H,5-6,9,11H2,1-4H3;1-2H3. The smallest absolute Gasteiger partial charge is 0.222 e. The van der Waals surface area contributed by atoms with E-state index in [1.165, 1.54) is 0 Å². The lowest BCUT2D eigenvalue weighted by atomic mass is 10.1. The molecule has 0 N–H and O–H groups in total. The lowest BCUT2D eigenvalue weighted by Crippen LogP contribution is -2.30. The first-order valence-electron chi connectivity index (χ1n) is 7.64. The Hall–Kier alpha value is -1.71. The number of amides is 1. The Kier molecular flexibility index (Phi) is 10.1. The summed E-state index contributed by atoms with van der Waals surface area (Å²) in [6, 6.07) is 5.76. The number of carbonyl (C=O) groups excluding carboxylic acids is 1. The van der Waals surface area contributed by atoms with Crippen molar-refractivity contribution in [2.45, 2.75) is 47.1 Å². The van der Waals surface area contributed by atoms with E-state index in [-0.39, 0.29) is 5.91 Å². The van der Waals surface area contributed by atoms with Gasteiger partial charge in [-0.05, 0) is 24.1 Å². The molecule has 1 rings (SSSR count). The van der Waals surface area contributed by atoms with E-state index in [0.717, 1.165) is 18.5 Å². The molecule has 0 aliphatic heterocycles. The number of nitrogens with zero attached hydrogens (tertiary/aromatic N) is 1. The zero-order chi connectivity index (χ0) is 16.3. The monoisotopic (exact) mass is 295 g/mol. The highest BCUT2D eigenvalue weighted by molar-refractivity contribution is 5.75. The second-order valence-corrected chi connectivity index (χ2v) is 4.36. The Labute approximate surface area is 129 Å². The number of ether oxygens (including phenoxy) is 2. The molecule has 0 aromatic heterocycles.